The Labute approximate surface area is 79.9 Å². The van der Waals surface area contributed by atoms with Crippen LogP contribution >= 0.6 is 0 Å². The molecule has 0 radical (unpaired) electrons. The van der Waals surface area contributed by atoms with E-state index in [0.29, 0.717) is 12.7 Å². The fourth-order valence-corrected chi connectivity index (χ4v) is 1.32. The van der Waals surface area contributed by atoms with Gasteiger partial charge in [-0.05, 0) is 27.9 Å². The first-order valence-corrected chi connectivity index (χ1v) is 4.71. The van der Waals surface area contributed by atoms with Crippen molar-refractivity contribution in [2.24, 2.45) is 0 Å². The third-order valence-corrected chi connectivity index (χ3v) is 2.64. The fraction of sp³-hybridized carbons (Fsp3) is 0.889. The highest BCUT2D eigenvalue weighted by Crippen LogP contribution is 2.05. The van der Waals surface area contributed by atoms with Crippen LogP contribution in [0.5, 0.6) is 0 Å². The minimum absolute atomic E-state index is 0.00522. The van der Waals surface area contributed by atoms with Crippen LogP contribution in [-0.2, 0) is 4.79 Å². The average Bonchev–Trinajstić information content (AvgIpc) is 2.36. The molecule has 13 heavy (non-hydrogen) atoms. The Morgan fingerprint density at radius 1 is 1.69 bits per heavy atom. The van der Waals surface area contributed by atoms with Gasteiger partial charge in [0.15, 0.2) is 0 Å². The van der Waals surface area contributed by atoms with Gasteiger partial charge in [-0.15, -0.1) is 0 Å². The molecule has 1 amide bonds. The lowest BCUT2D eigenvalue weighted by atomic mass is 10.2. The molecular weight excluding hydrogens is 166 g/mol. The molecule has 0 aliphatic carbocycles. The molecule has 1 saturated heterocycles. The van der Waals surface area contributed by atoms with Crippen LogP contribution in [0.2, 0.25) is 0 Å². The highest BCUT2D eigenvalue weighted by Gasteiger charge is 2.28. The smallest absolute Gasteiger partial charge is 0.240 e. The van der Waals surface area contributed by atoms with Crippen LogP contribution in [-0.4, -0.2) is 55.1 Å². The van der Waals surface area contributed by atoms with E-state index in [2.05, 4.69) is 17.1 Å². The Kier molecular flexibility index (Phi) is 3.27. The normalized spacial score (nSPS) is 25.8. The van der Waals surface area contributed by atoms with E-state index in [9.17, 15) is 4.79 Å². The van der Waals surface area contributed by atoms with Gasteiger partial charge >= 0.3 is 0 Å². The van der Waals surface area contributed by atoms with Gasteiger partial charge in [-0.2, -0.15) is 0 Å². The summed E-state index contributed by atoms with van der Waals surface area (Å²) in [4.78, 5) is 15.5. The van der Waals surface area contributed by atoms with Gasteiger partial charge in [-0.3, -0.25) is 10.1 Å². The van der Waals surface area contributed by atoms with Crippen molar-refractivity contribution < 1.29 is 4.79 Å². The first-order valence-electron chi connectivity index (χ1n) is 4.71. The molecule has 2 atom stereocenters. The van der Waals surface area contributed by atoms with Crippen molar-refractivity contribution in [1.82, 2.24) is 15.1 Å². The number of carbonyl (C=O) groups is 1. The number of amides is 1. The predicted octanol–water partition coefficient (Wildman–Crippen LogP) is -0.286. The number of hydrogen-bond donors (Lipinski definition) is 1. The van der Waals surface area contributed by atoms with E-state index in [0.717, 1.165) is 6.54 Å². The summed E-state index contributed by atoms with van der Waals surface area (Å²) in [5.74, 6) is 0.216. The number of nitrogens with one attached hydrogen (secondary N) is 1. The van der Waals surface area contributed by atoms with E-state index in [1.165, 1.54) is 0 Å². The maximum atomic E-state index is 11.5. The van der Waals surface area contributed by atoms with Crippen LogP contribution in [0.25, 0.3) is 0 Å². The van der Waals surface area contributed by atoms with E-state index in [-0.39, 0.29) is 11.9 Å². The van der Waals surface area contributed by atoms with Crippen molar-refractivity contribution >= 4 is 5.91 Å². The van der Waals surface area contributed by atoms with Crippen molar-refractivity contribution in [2.45, 2.75) is 25.9 Å². The summed E-state index contributed by atoms with van der Waals surface area (Å²) >= 11 is 0. The molecule has 1 fully saturated rings. The number of hydrogen-bond acceptors (Lipinski definition) is 3. The van der Waals surface area contributed by atoms with Crippen molar-refractivity contribution in [3.63, 3.8) is 0 Å². The Morgan fingerprint density at radius 3 is 2.69 bits per heavy atom. The molecule has 0 aromatic heterocycles. The van der Waals surface area contributed by atoms with Gasteiger partial charge in [0.05, 0.1) is 12.7 Å². The van der Waals surface area contributed by atoms with Crippen molar-refractivity contribution in [3.8, 4) is 0 Å². The third-order valence-electron chi connectivity index (χ3n) is 2.64. The van der Waals surface area contributed by atoms with Crippen LogP contribution in [0, 0.1) is 0 Å². The molecule has 0 aromatic carbocycles. The lowest BCUT2D eigenvalue weighted by molar-refractivity contribution is -0.129. The quantitative estimate of drug-likeness (QED) is 0.656. The maximum Gasteiger partial charge on any atom is 0.240 e. The summed E-state index contributed by atoms with van der Waals surface area (Å²) in [6.45, 7) is 5.53. The zero-order valence-electron chi connectivity index (χ0n) is 8.87. The highest BCUT2D eigenvalue weighted by atomic mass is 16.2. The average molecular weight is 185 g/mol. The van der Waals surface area contributed by atoms with Gasteiger partial charge in [0, 0.05) is 12.6 Å². The van der Waals surface area contributed by atoms with Crippen molar-refractivity contribution in [1.29, 1.82) is 0 Å². The second-order valence-electron chi connectivity index (χ2n) is 3.96. The summed E-state index contributed by atoms with van der Waals surface area (Å²) < 4.78 is 0. The first-order chi connectivity index (χ1) is 6.02. The molecule has 4 heteroatoms. The molecule has 76 valence electrons. The van der Waals surface area contributed by atoms with Gasteiger partial charge in [0.2, 0.25) is 5.91 Å². The molecule has 1 heterocycles. The number of rotatable bonds is 3. The Morgan fingerprint density at radius 2 is 2.31 bits per heavy atom. The van der Waals surface area contributed by atoms with Gasteiger partial charge in [0.1, 0.15) is 0 Å². The molecular formula is C9H19N3O. The first kappa shape index (κ1) is 10.5. The standard InChI is InChI=1S/C9H19N3O/c1-7(11(3)4)5-12-6-10-8(2)9(12)13/h7-8,10H,5-6H2,1-4H3. The lowest BCUT2D eigenvalue weighted by Crippen LogP contribution is -2.40. The van der Waals surface area contributed by atoms with Crippen LogP contribution in [0.1, 0.15) is 13.8 Å². The number of carbonyl (C=O) groups excluding carboxylic acids is 1. The lowest BCUT2D eigenvalue weighted by Gasteiger charge is -2.25. The zero-order valence-corrected chi connectivity index (χ0v) is 8.87. The van der Waals surface area contributed by atoms with Crippen LogP contribution in [0.4, 0.5) is 0 Å². The number of nitrogens with zero attached hydrogens (tertiary/aromatic N) is 2. The SMILES string of the molecule is CC1NCN(CC(C)N(C)C)C1=O. The molecule has 1 N–H and O–H groups in total. The van der Waals surface area contributed by atoms with Crippen LogP contribution in [0.3, 0.4) is 0 Å². The van der Waals surface area contributed by atoms with Crippen LogP contribution in [0.15, 0.2) is 0 Å². The van der Waals surface area contributed by atoms with Gasteiger partial charge in [0.25, 0.3) is 0 Å². The largest absolute Gasteiger partial charge is 0.327 e. The summed E-state index contributed by atoms with van der Waals surface area (Å²) in [6.07, 6.45) is 0. The van der Waals surface area contributed by atoms with E-state index in [4.69, 9.17) is 0 Å². The Hall–Kier alpha value is -0.610. The third kappa shape index (κ3) is 2.42. The monoisotopic (exact) mass is 185 g/mol. The summed E-state index contributed by atoms with van der Waals surface area (Å²) in [6, 6.07) is 0.408. The second kappa shape index (κ2) is 4.07. The minimum Gasteiger partial charge on any atom is -0.327 e. The number of likely N-dealkylation sites (N-methyl/N-ethyl adjacent to an activating group) is 1. The maximum absolute atomic E-state index is 11.5. The summed E-state index contributed by atoms with van der Waals surface area (Å²) in [7, 11) is 4.06. The van der Waals surface area contributed by atoms with E-state index >= 15 is 0 Å². The summed E-state index contributed by atoms with van der Waals surface area (Å²) in [5.41, 5.74) is 0. The molecule has 2 unspecified atom stereocenters. The molecule has 0 spiro atoms. The zero-order chi connectivity index (χ0) is 10.0. The Bertz CT molecular complexity index is 193. The predicted molar refractivity (Wildman–Crippen MR) is 52.3 cm³/mol. The molecule has 0 bridgehead atoms. The molecule has 4 nitrogen and oxygen atoms in total. The van der Waals surface area contributed by atoms with Crippen LogP contribution < -0.4 is 5.32 Å². The van der Waals surface area contributed by atoms with Crippen molar-refractivity contribution in [2.75, 3.05) is 27.3 Å². The topological polar surface area (TPSA) is 35.6 Å². The highest BCUT2D eigenvalue weighted by molar-refractivity contribution is 5.83. The Balaban J connectivity index is 2.42. The van der Waals surface area contributed by atoms with E-state index in [1.54, 1.807) is 0 Å². The van der Waals surface area contributed by atoms with Gasteiger partial charge < -0.3 is 9.80 Å². The van der Waals surface area contributed by atoms with E-state index in [1.807, 2.05) is 25.9 Å². The molecule has 0 aromatic rings. The summed E-state index contributed by atoms with van der Waals surface area (Å²) in [5, 5.41) is 3.12. The van der Waals surface area contributed by atoms with Gasteiger partial charge in [-0.1, -0.05) is 0 Å². The minimum atomic E-state index is -0.00522. The fourth-order valence-electron chi connectivity index (χ4n) is 1.32. The second-order valence-corrected chi connectivity index (χ2v) is 3.96. The van der Waals surface area contributed by atoms with Gasteiger partial charge in [-0.25, -0.2) is 0 Å². The molecule has 1 aliphatic heterocycles. The molecule has 1 aliphatic rings. The molecule has 0 saturated carbocycles. The van der Waals surface area contributed by atoms with Crippen molar-refractivity contribution in [3.05, 3.63) is 0 Å². The molecule has 1 rings (SSSR count). The van der Waals surface area contributed by atoms with E-state index < -0.39 is 0 Å².